The molecule has 132 valence electrons. The summed E-state index contributed by atoms with van der Waals surface area (Å²) in [4.78, 5) is 12.2. The number of halogens is 1. The average Bonchev–Trinajstić information content (AvgIpc) is 3.13. The zero-order chi connectivity index (χ0) is 18.5. The maximum Gasteiger partial charge on any atom is 0.289 e. The molecule has 0 aliphatic carbocycles. The predicted molar refractivity (Wildman–Crippen MR) is 105 cm³/mol. The lowest BCUT2D eigenvalue weighted by Crippen LogP contribution is -2.18. The van der Waals surface area contributed by atoms with Gasteiger partial charge >= 0.3 is 0 Å². The van der Waals surface area contributed by atoms with Gasteiger partial charge in [-0.2, -0.15) is 10.2 Å². The lowest BCUT2D eigenvalue weighted by molar-refractivity contribution is 0.0950. The minimum atomic E-state index is -0.374. The monoisotopic (exact) mass is 412 g/mol. The number of aromatic nitrogens is 2. The van der Waals surface area contributed by atoms with Crippen molar-refractivity contribution in [3.63, 3.8) is 0 Å². The van der Waals surface area contributed by atoms with E-state index in [-0.39, 0.29) is 5.91 Å². The summed E-state index contributed by atoms with van der Waals surface area (Å²) in [5, 5.41) is 10.9. The highest BCUT2D eigenvalue weighted by Gasteiger charge is 2.10. The van der Waals surface area contributed by atoms with Gasteiger partial charge in [0.05, 0.1) is 19.0 Å². The fourth-order valence-electron chi connectivity index (χ4n) is 2.34. The summed E-state index contributed by atoms with van der Waals surface area (Å²) >= 11 is 3.39. The van der Waals surface area contributed by atoms with Crippen LogP contribution < -0.4 is 10.2 Å². The number of hydrogen-bond donors (Lipinski definition) is 2. The van der Waals surface area contributed by atoms with E-state index in [2.05, 4.69) is 36.7 Å². The molecule has 0 saturated heterocycles. The third kappa shape index (κ3) is 4.18. The Morgan fingerprint density at radius 2 is 2.00 bits per heavy atom. The van der Waals surface area contributed by atoms with Crippen molar-refractivity contribution in [1.82, 2.24) is 15.6 Å². The summed E-state index contributed by atoms with van der Waals surface area (Å²) in [6, 6.07) is 15.1. The molecule has 0 fully saturated rings. The van der Waals surface area contributed by atoms with Crippen LogP contribution in [0.3, 0.4) is 0 Å². The van der Waals surface area contributed by atoms with Crippen molar-refractivity contribution in [3.8, 4) is 17.0 Å². The number of methoxy groups -OCH3 is 1. The fraction of sp³-hybridized carbons (Fsp3) is 0.105. The van der Waals surface area contributed by atoms with Crippen LogP contribution in [0.15, 0.2) is 58.1 Å². The quantitative estimate of drug-likeness (QED) is 0.492. The predicted octanol–water partition coefficient (Wildman–Crippen LogP) is 3.92. The number of ether oxygens (including phenoxy) is 1. The van der Waals surface area contributed by atoms with Gasteiger partial charge in [0.1, 0.15) is 11.4 Å². The number of amides is 1. The summed E-state index contributed by atoms with van der Waals surface area (Å²) in [6.45, 7) is 2.02. The molecule has 6 nitrogen and oxygen atoms in total. The van der Waals surface area contributed by atoms with Gasteiger partial charge in [-0.05, 0) is 31.2 Å². The molecule has 2 aromatic carbocycles. The molecule has 1 aromatic heterocycles. The Morgan fingerprint density at radius 3 is 2.73 bits per heavy atom. The third-order valence-electron chi connectivity index (χ3n) is 3.73. The van der Waals surface area contributed by atoms with Crippen LogP contribution in [-0.4, -0.2) is 29.4 Å². The molecule has 1 amide bonds. The largest absolute Gasteiger partial charge is 0.496 e. The molecule has 1 heterocycles. The van der Waals surface area contributed by atoms with Gasteiger partial charge in [-0.3, -0.25) is 9.89 Å². The standard InChI is InChI=1S/C19H17BrN4O2/c1-12-3-5-13(6-4-12)16-10-17(23-22-16)19(25)24-21-11-14-9-15(20)7-8-18(14)26-2/h3-11H,1-2H3,(H,22,23)(H,24,25)/b21-11-. The number of hydrazone groups is 1. The van der Waals surface area contributed by atoms with Crippen molar-refractivity contribution in [2.45, 2.75) is 6.92 Å². The van der Waals surface area contributed by atoms with E-state index < -0.39 is 0 Å². The van der Waals surface area contributed by atoms with Crippen LogP contribution >= 0.6 is 15.9 Å². The van der Waals surface area contributed by atoms with E-state index in [1.54, 1.807) is 13.2 Å². The molecule has 2 N–H and O–H groups in total. The van der Waals surface area contributed by atoms with Gasteiger partial charge in [0.2, 0.25) is 0 Å². The van der Waals surface area contributed by atoms with Crippen LogP contribution in [-0.2, 0) is 0 Å². The SMILES string of the molecule is COc1ccc(Br)cc1/C=N\NC(=O)c1cc(-c2ccc(C)cc2)n[nH]1. The smallest absolute Gasteiger partial charge is 0.289 e. The Labute approximate surface area is 159 Å². The van der Waals surface area contributed by atoms with Crippen molar-refractivity contribution in [2.24, 2.45) is 5.10 Å². The van der Waals surface area contributed by atoms with Crippen molar-refractivity contribution in [2.75, 3.05) is 7.11 Å². The molecule has 0 aliphatic rings. The molecule has 0 saturated carbocycles. The number of aromatic amines is 1. The number of nitrogens with zero attached hydrogens (tertiary/aromatic N) is 2. The van der Waals surface area contributed by atoms with Gasteiger partial charge in [0, 0.05) is 15.6 Å². The first kappa shape index (κ1) is 17.9. The number of H-pyrrole nitrogens is 1. The topological polar surface area (TPSA) is 79.4 Å². The highest BCUT2D eigenvalue weighted by atomic mass is 79.9. The van der Waals surface area contributed by atoms with E-state index in [0.29, 0.717) is 17.1 Å². The van der Waals surface area contributed by atoms with Crippen molar-refractivity contribution < 1.29 is 9.53 Å². The lowest BCUT2D eigenvalue weighted by atomic mass is 10.1. The second-order valence-corrected chi connectivity index (χ2v) is 6.53. The lowest BCUT2D eigenvalue weighted by Gasteiger charge is -2.04. The van der Waals surface area contributed by atoms with E-state index in [1.165, 1.54) is 11.8 Å². The molecule has 0 atom stereocenters. The first-order chi connectivity index (χ1) is 12.6. The van der Waals surface area contributed by atoms with E-state index in [9.17, 15) is 4.79 Å². The van der Waals surface area contributed by atoms with E-state index in [0.717, 1.165) is 15.6 Å². The first-order valence-electron chi connectivity index (χ1n) is 7.86. The van der Waals surface area contributed by atoms with Gasteiger partial charge in [-0.15, -0.1) is 0 Å². The highest BCUT2D eigenvalue weighted by Crippen LogP contribution is 2.21. The molecular weight excluding hydrogens is 396 g/mol. The number of carbonyl (C=O) groups is 1. The maximum absolute atomic E-state index is 12.2. The summed E-state index contributed by atoms with van der Waals surface area (Å²) < 4.78 is 6.15. The van der Waals surface area contributed by atoms with Gasteiger partial charge < -0.3 is 4.74 Å². The Kier molecular flexibility index (Phi) is 5.48. The molecule has 0 spiro atoms. The average molecular weight is 413 g/mol. The molecule has 0 radical (unpaired) electrons. The van der Waals surface area contributed by atoms with E-state index in [1.807, 2.05) is 49.4 Å². The Hall–Kier alpha value is -2.93. The molecule has 26 heavy (non-hydrogen) atoms. The van der Waals surface area contributed by atoms with Crippen molar-refractivity contribution in [3.05, 3.63) is 69.8 Å². The van der Waals surface area contributed by atoms with E-state index in [4.69, 9.17) is 4.74 Å². The van der Waals surface area contributed by atoms with Crippen molar-refractivity contribution >= 4 is 28.1 Å². The molecule has 7 heteroatoms. The second-order valence-electron chi connectivity index (χ2n) is 5.62. The Balaban J connectivity index is 1.69. The molecule has 3 aromatic rings. The number of carbonyl (C=O) groups excluding carboxylic acids is 1. The molecule has 3 rings (SSSR count). The van der Waals surface area contributed by atoms with E-state index >= 15 is 0 Å². The third-order valence-corrected chi connectivity index (χ3v) is 4.22. The summed E-state index contributed by atoms with van der Waals surface area (Å²) in [6.07, 6.45) is 1.53. The number of aryl methyl sites for hydroxylation is 1. The molecule has 0 bridgehead atoms. The van der Waals surface area contributed by atoms with Gasteiger partial charge in [-0.1, -0.05) is 45.8 Å². The summed E-state index contributed by atoms with van der Waals surface area (Å²) in [7, 11) is 1.58. The fourth-order valence-corrected chi connectivity index (χ4v) is 2.72. The number of rotatable bonds is 5. The number of nitrogens with one attached hydrogen (secondary N) is 2. The Morgan fingerprint density at radius 1 is 1.23 bits per heavy atom. The zero-order valence-corrected chi connectivity index (χ0v) is 15.9. The van der Waals surface area contributed by atoms with Crippen LogP contribution in [0.5, 0.6) is 5.75 Å². The zero-order valence-electron chi connectivity index (χ0n) is 14.3. The molecule has 0 unspecified atom stereocenters. The van der Waals surface area contributed by atoms with Crippen LogP contribution in [0, 0.1) is 6.92 Å². The van der Waals surface area contributed by atoms with Crippen LogP contribution in [0.25, 0.3) is 11.3 Å². The maximum atomic E-state index is 12.2. The molecule has 0 aliphatic heterocycles. The van der Waals surface area contributed by atoms with Gasteiger partial charge in [0.15, 0.2) is 0 Å². The summed E-state index contributed by atoms with van der Waals surface area (Å²) in [5.41, 5.74) is 6.36. The second kappa shape index (κ2) is 7.97. The minimum absolute atomic E-state index is 0.332. The van der Waals surface area contributed by atoms with Gasteiger partial charge in [0.25, 0.3) is 5.91 Å². The van der Waals surface area contributed by atoms with Crippen LogP contribution in [0.2, 0.25) is 0 Å². The summed E-state index contributed by atoms with van der Waals surface area (Å²) in [5.74, 6) is 0.287. The highest BCUT2D eigenvalue weighted by molar-refractivity contribution is 9.10. The Bertz CT molecular complexity index is 948. The molecular formula is C19H17BrN4O2. The van der Waals surface area contributed by atoms with Crippen LogP contribution in [0.1, 0.15) is 21.6 Å². The minimum Gasteiger partial charge on any atom is -0.496 e. The normalized spacial score (nSPS) is 10.9. The first-order valence-corrected chi connectivity index (χ1v) is 8.65. The van der Waals surface area contributed by atoms with Crippen LogP contribution in [0.4, 0.5) is 0 Å². The van der Waals surface area contributed by atoms with Crippen molar-refractivity contribution in [1.29, 1.82) is 0 Å². The number of benzene rings is 2. The van der Waals surface area contributed by atoms with Gasteiger partial charge in [-0.25, -0.2) is 5.43 Å². The number of hydrogen-bond acceptors (Lipinski definition) is 4.